The normalized spacial score (nSPS) is 15.3. The monoisotopic (exact) mass is 281 g/mol. The van der Waals surface area contributed by atoms with E-state index in [4.69, 9.17) is 0 Å². The average molecular weight is 281 g/mol. The van der Waals surface area contributed by atoms with Crippen molar-refractivity contribution in [1.82, 2.24) is 9.55 Å². The highest BCUT2D eigenvalue weighted by Crippen LogP contribution is 2.37. The van der Waals surface area contributed by atoms with Crippen molar-refractivity contribution in [1.29, 1.82) is 0 Å². The topological polar surface area (TPSA) is 29.9 Å². The molecule has 1 fully saturated rings. The number of halogens is 3. The summed E-state index contributed by atoms with van der Waals surface area (Å²) in [6.07, 6.45) is 1.32. The van der Waals surface area contributed by atoms with Gasteiger partial charge in [-0.1, -0.05) is 12.1 Å². The maximum Gasteiger partial charge on any atom is 0.418 e. The van der Waals surface area contributed by atoms with E-state index in [1.54, 1.807) is 18.6 Å². The summed E-state index contributed by atoms with van der Waals surface area (Å²) in [4.78, 5) is 4.07. The quantitative estimate of drug-likeness (QED) is 0.922. The van der Waals surface area contributed by atoms with Crippen LogP contribution in [0.3, 0.4) is 0 Å². The molecule has 0 bridgehead atoms. The van der Waals surface area contributed by atoms with Crippen molar-refractivity contribution in [2.75, 3.05) is 5.32 Å². The van der Waals surface area contributed by atoms with Crippen molar-refractivity contribution in [2.24, 2.45) is 0 Å². The van der Waals surface area contributed by atoms with Crippen LogP contribution < -0.4 is 5.32 Å². The molecule has 6 heteroatoms. The molecule has 1 aromatic carbocycles. The van der Waals surface area contributed by atoms with E-state index in [1.165, 1.54) is 12.1 Å². The largest absolute Gasteiger partial charge is 0.418 e. The Morgan fingerprint density at radius 3 is 2.70 bits per heavy atom. The van der Waals surface area contributed by atoms with E-state index in [9.17, 15) is 13.2 Å². The van der Waals surface area contributed by atoms with E-state index in [0.717, 1.165) is 24.6 Å². The molecule has 0 spiro atoms. The number of alkyl halides is 3. The summed E-state index contributed by atoms with van der Waals surface area (Å²) >= 11 is 0. The lowest BCUT2D eigenvalue weighted by molar-refractivity contribution is -0.136. The number of hydrogen-bond acceptors (Lipinski definition) is 2. The van der Waals surface area contributed by atoms with Crippen LogP contribution in [-0.4, -0.2) is 9.55 Å². The highest BCUT2D eigenvalue weighted by Gasteiger charge is 2.33. The summed E-state index contributed by atoms with van der Waals surface area (Å²) in [5, 5.41) is 2.86. The third-order valence-electron chi connectivity index (χ3n) is 3.38. The standard InChI is InChI=1S/C14H14F3N3/c15-14(16,17)12-3-1-2-4-13(12)19-8-11-7-18-9-20(11)10-5-6-10/h1-4,7,9-10,19H,5-6,8H2. The average Bonchev–Trinajstić information content (AvgIpc) is 3.15. The molecule has 1 saturated carbocycles. The number of anilines is 1. The molecule has 0 aliphatic heterocycles. The first-order chi connectivity index (χ1) is 9.55. The van der Waals surface area contributed by atoms with Gasteiger partial charge in [0.15, 0.2) is 0 Å². The number of para-hydroxylation sites is 1. The smallest absolute Gasteiger partial charge is 0.379 e. The molecule has 20 heavy (non-hydrogen) atoms. The summed E-state index contributed by atoms with van der Waals surface area (Å²) in [5.41, 5.74) is 0.366. The highest BCUT2D eigenvalue weighted by molar-refractivity contribution is 5.52. The minimum Gasteiger partial charge on any atom is -0.379 e. The lowest BCUT2D eigenvalue weighted by atomic mass is 10.1. The Hall–Kier alpha value is -1.98. The van der Waals surface area contributed by atoms with Gasteiger partial charge in [0, 0.05) is 17.9 Å². The summed E-state index contributed by atoms with van der Waals surface area (Å²) in [6.45, 7) is 0.337. The summed E-state index contributed by atoms with van der Waals surface area (Å²) in [6, 6.07) is 5.98. The lowest BCUT2D eigenvalue weighted by Crippen LogP contribution is -2.12. The molecule has 106 valence electrons. The molecule has 1 aliphatic rings. The van der Waals surface area contributed by atoms with Crippen LogP contribution in [0.1, 0.15) is 30.1 Å². The first-order valence-electron chi connectivity index (χ1n) is 6.46. The molecule has 1 heterocycles. The molecule has 1 aliphatic carbocycles. The zero-order chi connectivity index (χ0) is 14.2. The summed E-state index contributed by atoms with van der Waals surface area (Å²) in [7, 11) is 0. The van der Waals surface area contributed by atoms with Gasteiger partial charge < -0.3 is 9.88 Å². The van der Waals surface area contributed by atoms with Gasteiger partial charge in [-0.15, -0.1) is 0 Å². The summed E-state index contributed by atoms with van der Waals surface area (Å²) in [5.74, 6) is 0. The number of aromatic nitrogens is 2. The first kappa shape index (κ1) is 13.0. The molecule has 0 unspecified atom stereocenters. The number of rotatable bonds is 4. The van der Waals surface area contributed by atoms with Gasteiger partial charge in [0.1, 0.15) is 0 Å². The maximum atomic E-state index is 12.9. The van der Waals surface area contributed by atoms with Crippen LogP contribution in [0.5, 0.6) is 0 Å². The van der Waals surface area contributed by atoms with E-state index in [1.807, 2.05) is 4.57 Å². The molecule has 0 radical (unpaired) electrons. The van der Waals surface area contributed by atoms with Gasteiger partial charge in [-0.2, -0.15) is 13.2 Å². The van der Waals surface area contributed by atoms with Crippen LogP contribution in [-0.2, 0) is 12.7 Å². The Labute approximate surface area is 114 Å². The van der Waals surface area contributed by atoms with E-state index in [-0.39, 0.29) is 5.69 Å². The maximum absolute atomic E-state index is 12.9. The minimum atomic E-state index is -4.35. The molecule has 3 nitrogen and oxygen atoms in total. The van der Waals surface area contributed by atoms with Crippen LogP contribution in [0.2, 0.25) is 0 Å². The van der Waals surface area contributed by atoms with Crippen molar-refractivity contribution in [2.45, 2.75) is 31.6 Å². The van der Waals surface area contributed by atoms with Gasteiger partial charge in [-0.25, -0.2) is 4.98 Å². The van der Waals surface area contributed by atoms with Gasteiger partial charge >= 0.3 is 6.18 Å². The first-order valence-corrected chi connectivity index (χ1v) is 6.46. The van der Waals surface area contributed by atoms with E-state index in [2.05, 4.69) is 10.3 Å². The summed E-state index contributed by atoms with van der Waals surface area (Å²) < 4.78 is 40.7. The molecule has 0 atom stereocenters. The van der Waals surface area contributed by atoms with Crippen LogP contribution in [0.25, 0.3) is 0 Å². The lowest BCUT2D eigenvalue weighted by Gasteiger charge is -2.15. The molecule has 1 aromatic heterocycles. The second-order valence-corrected chi connectivity index (χ2v) is 4.92. The van der Waals surface area contributed by atoms with Gasteiger partial charge in [0.25, 0.3) is 0 Å². The van der Waals surface area contributed by atoms with Crippen LogP contribution in [0, 0.1) is 0 Å². The Morgan fingerprint density at radius 2 is 2.00 bits per heavy atom. The Balaban J connectivity index is 1.77. The van der Waals surface area contributed by atoms with Gasteiger partial charge in [0.2, 0.25) is 0 Å². The van der Waals surface area contributed by atoms with E-state index >= 15 is 0 Å². The van der Waals surface area contributed by atoms with E-state index < -0.39 is 11.7 Å². The van der Waals surface area contributed by atoms with Crippen molar-refractivity contribution in [3.63, 3.8) is 0 Å². The Bertz CT molecular complexity index is 600. The van der Waals surface area contributed by atoms with Crippen LogP contribution in [0.4, 0.5) is 18.9 Å². The van der Waals surface area contributed by atoms with Crippen LogP contribution in [0.15, 0.2) is 36.8 Å². The zero-order valence-electron chi connectivity index (χ0n) is 10.7. The van der Waals surface area contributed by atoms with Crippen molar-refractivity contribution >= 4 is 5.69 Å². The number of nitrogens with one attached hydrogen (secondary N) is 1. The fourth-order valence-electron chi connectivity index (χ4n) is 2.22. The SMILES string of the molecule is FC(F)(F)c1ccccc1NCc1cncn1C1CC1. The van der Waals surface area contributed by atoms with Crippen molar-refractivity contribution in [3.05, 3.63) is 48.0 Å². The molecule has 1 N–H and O–H groups in total. The van der Waals surface area contributed by atoms with Crippen molar-refractivity contribution < 1.29 is 13.2 Å². The Morgan fingerprint density at radius 1 is 1.25 bits per heavy atom. The second-order valence-electron chi connectivity index (χ2n) is 4.92. The fraction of sp³-hybridized carbons (Fsp3) is 0.357. The third kappa shape index (κ3) is 2.64. The highest BCUT2D eigenvalue weighted by atomic mass is 19.4. The predicted molar refractivity (Wildman–Crippen MR) is 69.3 cm³/mol. The predicted octanol–water partition coefficient (Wildman–Crippen LogP) is 3.85. The number of nitrogens with zero attached hydrogens (tertiary/aromatic N) is 2. The van der Waals surface area contributed by atoms with Gasteiger partial charge in [0.05, 0.1) is 24.1 Å². The van der Waals surface area contributed by atoms with Gasteiger partial charge in [-0.3, -0.25) is 0 Å². The molecular formula is C14H14F3N3. The Kier molecular flexibility index (Phi) is 3.16. The third-order valence-corrected chi connectivity index (χ3v) is 3.38. The molecular weight excluding hydrogens is 267 g/mol. The molecule has 0 amide bonds. The molecule has 3 rings (SSSR count). The van der Waals surface area contributed by atoms with Crippen LogP contribution >= 0.6 is 0 Å². The number of hydrogen-bond donors (Lipinski definition) is 1. The molecule has 0 saturated heterocycles. The minimum absolute atomic E-state index is 0.101. The van der Waals surface area contributed by atoms with Gasteiger partial charge in [-0.05, 0) is 25.0 Å². The number of imidazole rings is 1. The zero-order valence-corrected chi connectivity index (χ0v) is 10.7. The molecule has 2 aromatic rings. The number of benzene rings is 1. The fourth-order valence-corrected chi connectivity index (χ4v) is 2.22. The van der Waals surface area contributed by atoms with Crippen molar-refractivity contribution in [3.8, 4) is 0 Å². The second kappa shape index (κ2) is 4.85. The van der Waals surface area contributed by atoms with E-state index in [0.29, 0.717) is 12.6 Å².